The van der Waals surface area contributed by atoms with Crippen molar-refractivity contribution in [3.8, 4) is 11.5 Å². The Morgan fingerprint density at radius 2 is 1.47 bits per heavy atom. The van der Waals surface area contributed by atoms with Crippen LogP contribution in [0.2, 0.25) is 0 Å². The second kappa shape index (κ2) is 12.1. The van der Waals surface area contributed by atoms with E-state index in [1.807, 2.05) is 30.3 Å². The fraction of sp³-hybridized carbons (Fsp3) is 0.310. The molecule has 0 bridgehead atoms. The van der Waals surface area contributed by atoms with Crippen molar-refractivity contribution in [2.24, 2.45) is 0 Å². The Morgan fingerprint density at radius 3 is 2.13 bits per heavy atom. The standard InChI is InChI=1S/C29H33N3O5S/c1-21(28(33)31-27-16-10-9-15-26(27)29(34)30-22-11-5-3-6-12-22)32(38(2,35)36)23-17-19-25(20-18-23)37-24-13-7-4-8-14-24/h4,7-10,13-22H,3,5-6,11-12H2,1-2H3,(H,30,34)(H,31,33)/t21-/m1/s1. The van der Waals surface area contributed by atoms with Crippen molar-refractivity contribution in [1.82, 2.24) is 5.32 Å². The number of ether oxygens (including phenoxy) is 1. The average Bonchev–Trinajstić information content (AvgIpc) is 2.90. The lowest BCUT2D eigenvalue weighted by atomic mass is 9.95. The van der Waals surface area contributed by atoms with E-state index in [-0.39, 0.29) is 11.9 Å². The number of nitrogens with zero attached hydrogens (tertiary/aromatic N) is 1. The molecule has 8 nitrogen and oxygen atoms in total. The first-order valence-corrected chi connectivity index (χ1v) is 14.6. The van der Waals surface area contributed by atoms with Crippen molar-refractivity contribution in [1.29, 1.82) is 0 Å². The molecule has 1 atom stereocenters. The molecular formula is C29H33N3O5S. The van der Waals surface area contributed by atoms with Crippen LogP contribution in [0.15, 0.2) is 78.9 Å². The van der Waals surface area contributed by atoms with Gasteiger partial charge in [0.1, 0.15) is 17.5 Å². The highest BCUT2D eigenvalue weighted by Crippen LogP contribution is 2.28. The zero-order chi connectivity index (χ0) is 27.1. The minimum absolute atomic E-state index is 0.119. The van der Waals surface area contributed by atoms with Crippen LogP contribution in [0.3, 0.4) is 0 Å². The normalized spacial score (nSPS) is 14.8. The van der Waals surface area contributed by atoms with Crippen LogP contribution in [0.1, 0.15) is 49.4 Å². The van der Waals surface area contributed by atoms with Gasteiger partial charge in [0.05, 0.1) is 23.2 Å². The van der Waals surface area contributed by atoms with Crippen molar-refractivity contribution < 1.29 is 22.7 Å². The summed E-state index contributed by atoms with van der Waals surface area (Å²) in [6.07, 6.45) is 6.28. The fourth-order valence-corrected chi connectivity index (χ4v) is 5.81. The average molecular weight is 536 g/mol. The maximum absolute atomic E-state index is 13.3. The molecule has 0 aromatic heterocycles. The third-order valence-corrected chi connectivity index (χ3v) is 7.77. The summed E-state index contributed by atoms with van der Waals surface area (Å²) in [7, 11) is -3.82. The second-order valence-corrected chi connectivity index (χ2v) is 11.3. The second-order valence-electron chi connectivity index (χ2n) is 9.49. The van der Waals surface area contributed by atoms with E-state index < -0.39 is 22.0 Å². The number of nitrogens with one attached hydrogen (secondary N) is 2. The number of sulfonamides is 1. The summed E-state index contributed by atoms with van der Waals surface area (Å²) in [5.41, 5.74) is 0.989. The summed E-state index contributed by atoms with van der Waals surface area (Å²) in [4.78, 5) is 26.3. The Labute approximate surface area is 224 Å². The molecule has 9 heteroatoms. The lowest BCUT2D eigenvalue weighted by Crippen LogP contribution is -2.45. The van der Waals surface area contributed by atoms with Gasteiger partial charge in [-0.05, 0) is 68.3 Å². The monoisotopic (exact) mass is 535 g/mol. The molecule has 1 saturated carbocycles. The summed E-state index contributed by atoms with van der Waals surface area (Å²) in [5.74, 6) is 0.370. The highest BCUT2D eigenvalue weighted by molar-refractivity contribution is 7.92. The zero-order valence-electron chi connectivity index (χ0n) is 21.6. The summed E-state index contributed by atoms with van der Waals surface area (Å²) in [6, 6.07) is 21.5. The quantitative estimate of drug-likeness (QED) is 0.385. The Balaban J connectivity index is 1.49. The highest BCUT2D eigenvalue weighted by Gasteiger charge is 2.30. The van der Waals surface area contributed by atoms with Crippen LogP contribution in [0, 0.1) is 0 Å². The van der Waals surface area contributed by atoms with Gasteiger partial charge in [0.25, 0.3) is 5.91 Å². The molecule has 200 valence electrons. The van der Waals surface area contributed by atoms with E-state index in [0.29, 0.717) is 28.4 Å². The van der Waals surface area contributed by atoms with E-state index in [2.05, 4.69) is 10.6 Å². The van der Waals surface area contributed by atoms with Crippen molar-refractivity contribution in [2.75, 3.05) is 15.9 Å². The molecule has 1 fully saturated rings. The van der Waals surface area contributed by atoms with Crippen LogP contribution in [0.5, 0.6) is 11.5 Å². The molecule has 3 aromatic rings. The third kappa shape index (κ3) is 6.92. The molecule has 3 aromatic carbocycles. The van der Waals surface area contributed by atoms with Crippen LogP contribution in [0.25, 0.3) is 0 Å². The largest absolute Gasteiger partial charge is 0.457 e. The molecule has 0 heterocycles. The predicted molar refractivity (Wildman–Crippen MR) is 149 cm³/mol. The topological polar surface area (TPSA) is 105 Å². The number of para-hydroxylation sites is 2. The first kappa shape index (κ1) is 27.2. The molecule has 0 aliphatic heterocycles. The molecule has 1 aliphatic rings. The van der Waals surface area contributed by atoms with Gasteiger partial charge in [-0.3, -0.25) is 13.9 Å². The van der Waals surface area contributed by atoms with Crippen LogP contribution < -0.4 is 19.7 Å². The molecule has 2 amide bonds. The highest BCUT2D eigenvalue weighted by atomic mass is 32.2. The molecule has 0 radical (unpaired) electrons. The van der Waals surface area contributed by atoms with Crippen molar-refractivity contribution in [3.05, 3.63) is 84.4 Å². The summed E-state index contributed by atoms with van der Waals surface area (Å²) in [5, 5.41) is 5.83. The molecule has 2 N–H and O–H groups in total. The molecule has 0 spiro atoms. The van der Waals surface area contributed by atoms with Crippen LogP contribution in [-0.4, -0.2) is 38.6 Å². The molecule has 38 heavy (non-hydrogen) atoms. The zero-order valence-corrected chi connectivity index (χ0v) is 22.4. The van der Waals surface area contributed by atoms with Gasteiger partial charge in [0.2, 0.25) is 15.9 Å². The number of rotatable bonds is 9. The number of benzene rings is 3. The SMILES string of the molecule is C[C@H](C(=O)Nc1ccccc1C(=O)NC1CCCCC1)N(c1ccc(Oc2ccccc2)cc1)S(C)(=O)=O. The van der Waals surface area contributed by atoms with Gasteiger partial charge >= 0.3 is 0 Å². The summed E-state index contributed by atoms with van der Waals surface area (Å²) < 4.78 is 32.4. The molecule has 1 aliphatic carbocycles. The van der Waals surface area contributed by atoms with Gasteiger partial charge in [-0.25, -0.2) is 8.42 Å². The summed E-state index contributed by atoms with van der Waals surface area (Å²) in [6.45, 7) is 1.51. The van der Waals surface area contributed by atoms with E-state index in [0.717, 1.165) is 36.2 Å². The lowest BCUT2D eigenvalue weighted by molar-refractivity contribution is -0.116. The van der Waals surface area contributed by atoms with E-state index in [4.69, 9.17) is 4.74 Å². The van der Waals surface area contributed by atoms with E-state index in [1.54, 1.807) is 48.5 Å². The maximum atomic E-state index is 13.3. The Hall–Kier alpha value is -3.85. The Kier molecular flexibility index (Phi) is 8.68. The molecule has 0 saturated heterocycles. The van der Waals surface area contributed by atoms with Gasteiger partial charge in [-0.1, -0.05) is 49.6 Å². The van der Waals surface area contributed by atoms with Crippen LogP contribution >= 0.6 is 0 Å². The van der Waals surface area contributed by atoms with Crippen LogP contribution in [-0.2, 0) is 14.8 Å². The van der Waals surface area contributed by atoms with E-state index >= 15 is 0 Å². The van der Waals surface area contributed by atoms with Gasteiger partial charge in [0, 0.05) is 6.04 Å². The van der Waals surface area contributed by atoms with Crippen LogP contribution in [0.4, 0.5) is 11.4 Å². The van der Waals surface area contributed by atoms with Crippen molar-refractivity contribution in [2.45, 2.75) is 51.1 Å². The van der Waals surface area contributed by atoms with E-state index in [1.165, 1.54) is 13.3 Å². The summed E-state index contributed by atoms with van der Waals surface area (Å²) >= 11 is 0. The van der Waals surface area contributed by atoms with Gasteiger partial charge in [-0.2, -0.15) is 0 Å². The number of hydrogen-bond acceptors (Lipinski definition) is 5. The number of carbonyl (C=O) groups is 2. The number of carbonyl (C=O) groups excluding carboxylic acids is 2. The predicted octanol–water partition coefficient (Wildman–Crippen LogP) is 5.33. The Morgan fingerprint density at radius 1 is 0.868 bits per heavy atom. The van der Waals surface area contributed by atoms with Gasteiger partial charge < -0.3 is 15.4 Å². The lowest BCUT2D eigenvalue weighted by Gasteiger charge is -2.28. The minimum atomic E-state index is -3.82. The molecule has 0 unspecified atom stereocenters. The van der Waals surface area contributed by atoms with Crippen molar-refractivity contribution >= 4 is 33.2 Å². The molecular weight excluding hydrogens is 502 g/mol. The smallest absolute Gasteiger partial charge is 0.253 e. The first-order chi connectivity index (χ1) is 18.2. The molecule has 4 rings (SSSR count). The fourth-order valence-electron chi connectivity index (χ4n) is 4.63. The van der Waals surface area contributed by atoms with Gasteiger partial charge in [0.15, 0.2) is 0 Å². The minimum Gasteiger partial charge on any atom is -0.457 e. The number of hydrogen-bond donors (Lipinski definition) is 2. The van der Waals surface area contributed by atoms with Crippen molar-refractivity contribution in [3.63, 3.8) is 0 Å². The van der Waals surface area contributed by atoms with Gasteiger partial charge in [-0.15, -0.1) is 0 Å². The first-order valence-electron chi connectivity index (χ1n) is 12.8. The number of anilines is 2. The maximum Gasteiger partial charge on any atom is 0.253 e. The van der Waals surface area contributed by atoms with E-state index in [9.17, 15) is 18.0 Å². The Bertz CT molecular complexity index is 1350. The number of amides is 2. The third-order valence-electron chi connectivity index (χ3n) is 6.53.